The molecule has 2 aromatic carbocycles. The van der Waals surface area contributed by atoms with Gasteiger partial charge in [-0.3, -0.25) is 9.59 Å². The van der Waals surface area contributed by atoms with Crippen molar-refractivity contribution in [1.82, 2.24) is 24.9 Å². The molecule has 0 saturated carbocycles. The van der Waals surface area contributed by atoms with Crippen LogP contribution in [0.5, 0.6) is 0 Å². The summed E-state index contributed by atoms with van der Waals surface area (Å²) in [5.74, 6) is -0.830. The fraction of sp³-hybridized carbons (Fsp3) is 0.0909. The summed E-state index contributed by atoms with van der Waals surface area (Å²) in [6.07, 6.45) is 2.41. The van der Waals surface area contributed by atoms with Gasteiger partial charge in [0.05, 0.1) is 17.1 Å². The van der Waals surface area contributed by atoms with Crippen molar-refractivity contribution in [3.63, 3.8) is 0 Å². The van der Waals surface area contributed by atoms with E-state index in [0.29, 0.717) is 18.7 Å². The number of benzene rings is 2. The van der Waals surface area contributed by atoms with Crippen molar-refractivity contribution in [2.75, 3.05) is 6.54 Å². The number of carbonyl (C=O) groups is 1. The maximum atomic E-state index is 13.1. The van der Waals surface area contributed by atoms with E-state index in [-0.39, 0.29) is 5.69 Å². The molecule has 1 amide bonds. The molecule has 1 N–H and O–H groups in total. The van der Waals surface area contributed by atoms with E-state index in [0.717, 1.165) is 16.1 Å². The molecule has 0 aliphatic rings. The van der Waals surface area contributed by atoms with Crippen molar-refractivity contribution >= 4 is 5.91 Å². The average Bonchev–Trinajstić information content (AvgIpc) is 3.24. The molecule has 0 unspecified atom stereocenters. The molecule has 2 aromatic heterocycles. The Hall–Kier alpha value is -4.07. The topological polar surface area (TPSA) is 81.8 Å². The molecule has 7 nitrogen and oxygen atoms in total. The molecule has 4 rings (SSSR count). The maximum absolute atomic E-state index is 13.1. The van der Waals surface area contributed by atoms with Crippen LogP contribution in [0.15, 0.2) is 83.8 Å². The summed E-state index contributed by atoms with van der Waals surface area (Å²) < 4.78 is 15.9. The van der Waals surface area contributed by atoms with Gasteiger partial charge >= 0.3 is 0 Å². The number of amides is 1. The third-order valence-electron chi connectivity index (χ3n) is 4.44. The molecule has 0 aliphatic carbocycles. The lowest BCUT2D eigenvalue weighted by atomic mass is 10.3. The summed E-state index contributed by atoms with van der Waals surface area (Å²) in [4.78, 5) is 24.5. The van der Waals surface area contributed by atoms with Gasteiger partial charge in [-0.15, -0.1) is 0 Å². The lowest BCUT2D eigenvalue weighted by molar-refractivity contribution is 0.0947. The molecule has 0 bridgehead atoms. The van der Waals surface area contributed by atoms with Crippen molar-refractivity contribution in [2.24, 2.45) is 0 Å². The normalized spacial score (nSPS) is 10.7. The first-order valence-corrected chi connectivity index (χ1v) is 9.35. The smallest absolute Gasteiger partial charge is 0.271 e. The molecule has 4 aromatic rings. The Balaban J connectivity index is 1.40. The molecule has 0 radical (unpaired) electrons. The number of hydrogen-bond acceptors (Lipinski definition) is 4. The molecule has 0 aliphatic heterocycles. The van der Waals surface area contributed by atoms with Gasteiger partial charge in [0.1, 0.15) is 11.5 Å². The zero-order valence-corrected chi connectivity index (χ0v) is 15.9. The fourth-order valence-electron chi connectivity index (χ4n) is 2.91. The molecule has 0 spiro atoms. The SMILES string of the molecule is O=C(NCCc1ccn(-c2ccccc2)n1)c1ccc(=O)n(-c2ccc(F)cc2)n1. The molecule has 0 saturated heterocycles. The van der Waals surface area contributed by atoms with Gasteiger partial charge < -0.3 is 5.32 Å². The van der Waals surface area contributed by atoms with Gasteiger partial charge in [-0.25, -0.2) is 9.07 Å². The van der Waals surface area contributed by atoms with Crippen LogP contribution < -0.4 is 10.9 Å². The van der Waals surface area contributed by atoms with Gasteiger partial charge in [0.15, 0.2) is 0 Å². The molecule has 0 fully saturated rings. The van der Waals surface area contributed by atoms with Gasteiger partial charge in [0.25, 0.3) is 11.5 Å². The van der Waals surface area contributed by atoms with E-state index in [9.17, 15) is 14.0 Å². The monoisotopic (exact) mass is 403 g/mol. The van der Waals surface area contributed by atoms with Crippen molar-refractivity contribution in [2.45, 2.75) is 6.42 Å². The Kier molecular flexibility index (Phi) is 5.47. The van der Waals surface area contributed by atoms with Crippen LogP contribution in [-0.4, -0.2) is 32.0 Å². The van der Waals surface area contributed by atoms with Crippen molar-refractivity contribution in [3.05, 3.63) is 107 Å². The van der Waals surface area contributed by atoms with Crippen LogP contribution in [0, 0.1) is 5.82 Å². The molecule has 150 valence electrons. The highest BCUT2D eigenvalue weighted by Gasteiger charge is 2.11. The maximum Gasteiger partial charge on any atom is 0.271 e. The lowest BCUT2D eigenvalue weighted by Gasteiger charge is -2.07. The molecule has 30 heavy (non-hydrogen) atoms. The van der Waals surface area contributed by atoms with Gasteiger partial charge in [0.2, 0.25) is 0 Å². The Morgan fingerprint density at radius 2 is 1.67 bits per heavy atom. The van der Waals surface area contributed by atoms with Crippen LogP contribution >= 0.6 is 0 Å². The predicted octanol–water partition coefficient (Wildman–Crippen LogP) is 2.53. The zero-order chi connectivity index (χ0) is 20.9. The van der Waals surface area contributed by atoms with Crippen LogP contribution in [0.2, 0.25) is 0 Å². The Morgan fingerprint density at radius 1 is 0.900 bits per heavy atom. The van der Waals surface area contributed by atoms with Crippen LogP contribution in [-0.2, 0) is 6.42 Å². The number of halogens is 1. The number of nitrogens with zero attached hydrogens (tertiary/aromatic N) is 4. The molecular weight excluding hydrogens is 385 g/mol. The number of para-hydroxylation sites is 1. The van der Waals surface area contributed by atoms with Gasteiger partial charge in [-0.1, -0.05) is 18.2 Å². The summed E-state index contributed by atoms with van der Waals surface area (Å²) >= 11 is 0. The minimum Gasteiger partial charge on any atom is -0.350 e. The third kappa shape index (κ3) is 4.33. The minimum atomic E-state index is -0.421. The van der Waals surface area contributed by atoms with E-state index < -0.39 is 17.3 Å². The van der Waals surface area contributed by atoms with E-state index in [4.69, 9.17) is 0 Å². The Morgan fingerprint density at radius 3 is 2.43 bits per heavy atom. The standard InChI is InChI=1S/C22H18FN5O2/c23-16-6-8-19(9-7-16)28-21(29)11-10-20(26-28)22(30)24-14-12-17-13-15-27(25-17)18-4-2-1-3-5-18/h1-11,13,15H,12,14H2,(H,24,30). The summed E-state index contributed by atoms with van der Waals surface area (Å²) in [6.45, 7) is 0.363. The van der Waals surface area contributed by atoms with Gasteiger partial charge in [-0.05, 0) is 48.5 Å². The van der Waals surface area contributed by atoms with Gasteiger partial charge in [-0.2, -0.15) is 14.9 Å². The highest BCUT2D eigenvalue weighted by Crippen LogP contribution is 2.08. The first-order chi connectivity index (χ1) is 14.6. The highest BCUT2D eigenvalue weighted by atomic mass is 19.1. The Bertz CT molecular complexity index is 1220. The average molecular weight is 403 g/mol. The summed E-state index contributed by atoms with van der Waals surface area (Å²) in [7, 11) is 0. The summed E-state index contributed by atoms with van der Waals surface area (Å²) in [5.41, 5.74) is 1.85. The molecular formula is C22H18FN5O2. The number of nitrogens with one attached hydrogen (secondary N) is 1. The molecule has 2 heterocycles. The number of hydrogen-bond donors (Lipinski definition) is 1. The van der Waals surface area contributed by atoms with Crippen molar-refractivity contribution in [3.8, 4) is 11.4 Å². The number of rotatable bonds is 6. The Labute approximate surface area is 171 Å². The van der Waals surface area contributed by atoms with Crippen LogP contribution in [0.1, 0.15) is 16.2 Å². The van der Waals surface area contributed by atoms with Crippen LogP contribution in [0.3, 0.4) is 0 Å². The quantitative estimate of drug-likeness (QED) is 0.536. The van der Waals surface area contributed by atoms with Gasteiger partial charge in [0, 0.05) is 25.2 Å². The third-order valence-corrected chi connectivity index (χ3v) is 4.44. The largest absolute Gasteiger partial charge is 0.350 e. The van der Waals surface area contributed by atoms with Crippen LogP contribution in [0.4, 0.5) is 4.39 Å². The van der Waals surface area contributed by atoms with Crippen molar-refractivity contribution in [1.29, 1.82) is 0 Å². The van der Waals surface area contributed by atoms with E-state index in [1.807, 2.05) is 42.6 Å². The summed E-state index contributed by atoms with van der Waals surface area (Å²) in [6, 6.07) is 19.6. The summed E-state index contributed by atoms with van der Waals surface area (Å²) in [5, 5.41) is 11.4. The number of aromatic nitrogens is 4. The molecule has 0 atom stereocenters. The lowest BCUT2D eigenvalue weighted by Crippen LogP contribution is -2.30. The second-order valence-electron chi connectivity index (χ2n) is 6.54. The van der Waals surface area contributed by atoms with E-state index in [2.05, 4.69) is 15.5 Å². The second kappa shape index (κ2) is 8.52. The van der Waals surface area contributed by atoms with E-state index in [1.54, 1.807) is 4.68 Å². The number of carbonyl (C=O) groups excluding carboxylic acids is 1. The first kappa shape index (κ1) is 19.3. The fourth-order valence-corrected chi connectivity index (χ4v) is 2.91. The highest BCUT2D eigenvalue weighted by molar-refractivity contribution is 5.92. The van der Waals surface area contributed by atoms with E-state index >= 15 is 0 Å². The zero-order valence-electron chi connectivity index (χ0n) is 15.9. The minimum absolute atomic E-state index is 0.0914. The van der Waals surface area contributed by atoms with Crippen molar-refractivity contribution < 1.29 is 9.18 Å². The second-order valence-corrected chi connectivity index (χ2v) is 6.54. The first-order valence-electron chi connectivity index (χ1n) is 9.35. The van der Waals surface area contributed by atoms with Crippen LogP contribution in [0.25, 0.3) is 11.4 Å². The predicted molar refractivity (Wildman–Crippen MR) is 109 cm³/mol. The molecule has 8 heteroatoms. The van der Waals surface area contributed by atoms with E-state index in [1.165, 1.54) is 36.4 Å².